The zero-order valence-corrected chi connectivity index (χ0v) is 11.5. The van der Waals surface area contributed by atoms with Crippen molar-refractivity contribution in [3.63, 3.8) is 0 Å². The number of nitrogens with one attached hydrogen (secondary N) is 1. The molecular weight excluding hydrogens is 240 g/mol. The monoisotopic (exact) mass is 260 g/mol. The third kappa shape index (κ3) is 2.45. The van der Waals surface area contributed by atoms with Gasteiger partial charge in [-0.2, -0.15) is 0 Å². The van der Waals surface area contributed by atoms with Gasteiger partial charge in [0.25, 0.3) is 0 Å². The second-order valence-corrected chi connectivity index (χ2v) is 5.62. The second-order valence-electron chi connectivity index (χ2n) is 5.62. The molecule has 0 aromatic heterocycles. The van der Waals surface area contributed by atoms with Gasteiger partial charge in [0.15, 0.2) is 0 Å². The molecule has 1 unspecified atom stereocenters. The molecule has 102 valence electrons. The Balaban J connectivity index is 1.77. The van der Waals surface area contributed by atoms with Crippen LogP contribution in [0.1, 0.15) is 25.8 Å². The van der Waals surface area contributed by atoms with Gasteiger partial charge in [-0.1, -0.05) is 13.8 Å². The highest BCUT2D eigenvalue weighted by molar-refractivity contribution is 5.96. The van der Waals surface area contributed by atoms with Crippen LogP contribution in [0.15, 0.2) is 18.2 Å². The fourth-order valence-electron chi connectivity index (χ4n) is 2.88. The van der Waals surface area contributed by atoms with Crippen molar-refractivity contribution in [2.45, 2.75) is 38.8 Å². The van der Waals surface area contributed by atoms with Crippen molar-refractivity contribution in [1.29, 1.82) is 0 Å². The first kappa shape index (κ1) is 12.5. The molecule has 2 aliphatic heterocycles. The largest absolute Gasteiger partial charge is 0.493 e. The van der Waals surface area contributed by atoms with Gasteiger partial charge < -0.3 is 15.0 Å². The van der Waals surface area contributed by atoms with Gasteiger partial charge in [0.1, 0.15) is 5.75 Å². The highest BCUT2D eigenvalue weighted by atomic mass is 16.5. The molecule has 0 bridgehead atoms. The number of fused-ring (bicyclic) bond motifs is 1. The third-order valence-electron chi connectivity index (χ3n) is 3.68. The molecule has 4 heteroatoms. The van der Waals surface area contributed by atoms with E-state index >= 15 is 0 Å². The van der Waals surface area contributed by atoms with E-state index in [1.54, 1.807) is 0 Å². The van der Waals surface area contributed by atoms with Gasteiger partial charge >= 0.3 is 0 Å². The Bertz CT molecular complexity index is 499. The Morgan fingerprint density at radius 3 is 3.05 bits per heavy atom. The van der Waals surface area contributed by atoms with Crippen molar-refractivity contribution in [3.8, 4) is 5.75 Å². The highest BCUT2D eigenvalue weighted by Gasteiger charge is 2.31. The smallest absolute Gasteiger partial charge is 0.228 e. The van der Waals surface area contributed by atoms with Gasteiger partial charge in [0.05, 0.1) is 6.61 Å². The highest BCUT2D eigenvalue weighted by Crippen LogP contribution is 2.31. The number of carbonyl (C=O) groups is 1. The van der Waals surface area contributed by atoms with Crippen LogP contribution in [0.2, 0.25) is 0 Å². The molecule has 4 nitrogen and oxygen atoms in total. The van der Waals surface area contributed by atoms with Crippen molar-refractivity contribution in [1.82, 2.24) is 5.32 Å². The minimum Gasteiger partial charge on any atom is -0.493 e. The van der Waals surface area contributed by atoms with Crippen molar-refractivity contribution in [2.24, 2.45) is 0 Å². The lowest BCUT2D eigenvalue weighted by atomic mass is 10.1. The number of carbonyl (C=O) groups excluding carboxylic acids is 1. The van der Waals surface area contributed by atoms with Crippen LogP contribution in [0, 0.1) is 0 Å². The van der Waals surface area contributed by atoms with Crippen molar-refractivity contribution in [3.05, 3.63) is 23.8 Å². The molecule has 0 spiro atoms. The molecule has 1 fully saturated rings. The quantitative estimate of drug-likeness (QED) is 0.900. The van der Waals surface area contributed by atoms with Crippen LogP contribution in [-0.4, -0.2) is 31.1 Å². The molecule has 19 heavy (non-hydrogen) atoms. The van der Waals surface area contributed by atoms with Crippen LogP contribution < -0.4 is 15.0 Å². The Hall–Kier alpha value is -1.55. The maximum absolute atomic E-state index is 12.1. The molecule has 1 atom stereocenters. The lowest BCUT2D eigenvalue weighted by Gasteiger charge is -2.19. The van der Waals surface area contributed by atoms with Crippen LogP contribution >= 0.6 is 0 Å². The third-order valence-corrected chi connectivity index (χ3v) is 3.68. The molecule has 2 aliphatic rings. The molecule has 0 aliphatic carbocycles. The Labute approximate surface area is 113 Å². The van der Waals surface area contributed by atoms with Gasteiger partial charge in [-0.3, -0.25) is 4.79 Å². The van der Waals surface area contributed by atoms with Crippen molar-refractivity contribution < 1.29 is 9.53 Å². The van der Waals surface area contributed by atoms with E-state index in [9.17, 15) is 4.79 Å². The van der Waals surface area contributed by atoms with E-state index < -0.39 is 0 Å². The summed E-state index contributed by atoms with van der Waals surface area (Å²) in [5.41, 5.74) is 2.22. The van der Waals surface area contributed by atoms with Crippen LogP contribution in [0.5, 0.6) is 5.75 Å². The van der Waals surface area contributed by atoms with Gasteiger partial charge in [0, 0.05) is 37.2 Å². The second kappa shape index (κ2) is 4.85. The zero-order chi connectivity index (χ0) is 13.4. The first-order valence-electron chi connectivity index (χ1n) is 6.95. The maximum Gasteiger partial charge on any atom is 0.228 e. The Kier molecular flexibility index (Phi) is 3.19. The van der Waals surface area contributed by atoms with Crippen molar-refractivity contribution >= 4 is 11.6 Å². The number of anilines is 1. The molecular formula is C15H20N2O2. The summed E-state index contributed by atoms with van der Waals surface area (Å²) >= 11 is 0. The molecule has 1 aromatic carbocycles. The lowest BCUT2D eigenvalue weighted by molar-refractivity contribution is -0.117. The van der Waals surface area contributed by atoms with E-state index in [0.29, 0.717) is 12.5 Å². The number of benzene rings is 1. The molecule has 3 rings (SSSR count). The summed E-state index contributed by atoms with van der Waals surface area (Å²) in [7, 11) is 0. The standard InChI is InChI=1S/C15H20N2O2/c1-10(2)16-12-8-15(18)17(9-12)13-3-4-14-11(7-13)5-6-19-14/h3-4,7,10,12,16H,5-6,8-9H2,1-2H3. The first-order chi connectivity index (χ1) is 9.13. The number of rotatable bonds is 3. The van der Waals surface area contributed by atoms with E-state index in [0.717, 1.165) is 31.0 Å². The van der Waals surface area contributed by atoms with E-state index in [1.165, 1.54) is 5.56 Å². The molecule has 0 radical (unpaired) electrons. The van der Waals surface area contributed by atoms with Crippen LogP contribution in [0.25, 0.3) is 0 Å². The van der Waals surface area contributed by atoms with Gasteiger partial charge in [-0.15, -0.1) is 0 Å². The number of hydrogen-bond acceptors (Lipinski definition) is 3. The molecule has 2 heterocycles. The van der Waals surface area contributed by atoms with Crippen molar-refractivity contribution in [2.75, 3.05) is 18.1 Å². The zero-order valence-electron chi connectivity index (χ0n) is 11.5. The summed E-state index contributed by atoms with van der Waals surface area (Å²) in [5.74, 6) is 1.17. The Morgan fingerprint density at radius 1 is 1.42 bits per heavy atom. The molecule has 1 N–H and O–H groups in total. The number of hydrogen-bond donors (Lipinski definition) is 1. The Morgan fingerprint density at radius 2 is 2.26 bits per heavy atom. The summed E-state index contributed by atoms with van der Waals surface area (Å²) in [6.07, 6.45) is 1.53. The first-order valence-corrected chi connectivity index (χ1v) is 6.95. The van der Waals surface area contributed by atoms with Crippen LogP contribution in [0.4, 0.5) is 5.69 Å². The van der Waals surface area contributed by atoms with E-state index in [-0.39, 0.29) is 11.9 Å². The predicted molar refractivity (Wildman–Crippen MR) is 74.7 cm³/mol. The molecule has 1 saturated heterocycles. The summed E-state index contributed by atoms with van der Waals surface area (Å²) in [5, 5.41) is 3.44. The SMILES string of the molecule is CC(C)NC1CC(=O)N(c2ccc3c(c2)CCO3)C1. The number of ether oxygens (including phenoxy) is 1. The summed E-state index contributed by atoms with van der Waals surface area (Å²) in [6.45, 7) is 5.74. The number of amides is 1. The summed E-state index contributed by atoms with van der Waals surface area (Å²) in [6, 6.07) is 6.73. The normalized spacial score (nSPS) is 21.9. The lowest BCUT2D eigenvalue weighted by Crippen LogP contribution is -2.37. The molecule has 1 amide bonds. The van der Waals surface area contributed by atoms with Gasteiger partial charge in [-0.05, 0) is 23.8 Å². The summed E-state index contributed by atoms with van der Waals surface area (Å²) in [4.78, 5) is 14.0. The van der Waals surface area contributed by atoms with Gasteiger partial charge in [0.2, 0.25) is 5.91 Å². The molecule has 1 aromatic rings. The predicted octanol–water partition coefficient (Wildman–Crippen LogP) is 1.72. The fourth-order valence-corrected chi connectivity index (χ4v) is 2.88. The summed E-state index contributed by atoms with van der Waals surface area (Å²) < 4.78 is 5.50. The average Bonchev–Trinajstić information content (AvgIpc) is 2.93. The van der Waals surface area contributed by atoms with E-state index in [1.807, 2.05) is 17.0 Å². The van der Waals surface area contributed by atoms with Gasteiger partial charge in [-0.25, -0.2) is 0 Å². The molecule has 0 saturated carbocycles. The average molecular weight is 260 g/mol. The number of nitrogens with zero attached hydrogens (tertiary/aromatic N) is 1. The maximum atomic E-state index is 12.1. The van der Waals surface area contributed by atoms with Crippen LogP contribution in [0.3, 0.4) is 0 Å². The van der Waals surface area contributed by atoms with E-state index in [2.05, 4.69) is 25.2 Å². The topological polar surface area (TPSA) is 41.6 Å². The van der Waals surface area contributed by atoms with Crippen LogP contribution in [-0.2, 0) is 11.2 Å². The minimum absolute atomic E-state index is 0.206. The minimum atomic E-state index is 0.206. The van der Waals surface area contributed by atoms with E-state index in [4.69, 9.17) is 4.74 Å². The fraction of sp³-hybridized carbons (Fsp3) is 0.533.